The summed E-state index contributed by atoms with van der Waals surface area (Å²) in [4.78, 5) is 26.2. The zero-order valence-corrected chi connectivity index (χ0v) is 11.4. The molecule has 1 aromatic carbocycles. The van der Waals surface area contributed by atoms with E-state index in [2.05, 4.69) is 4.98 Å². The Morgan fingerprint density at radius 2 is 2.05 bits per heavy atom. The van der Waals surface area contributed by atoms with E-state index in [1.807, 2.05) is 0 Å². The lowest BCUT2D eigenvalue weighted by atomic mass is 10.0. The number of carbonyl (C=O) groups is 1. The monoisotopic (exact) mass is 310 g/mol. The Kier molecular flexibility index (Phi) is 3.25. The topological polar surface area (TPSA) is 73.1 Å². The molecule has 1 aromatic heterocycles. The number of carbonyl (C=O) groups excluding carboxylic acids is 1. The Labute approximate surface area is 121 Å². The van der Waals surface area contributed by atoms with Crippen molar-refractivity contribution >= 4 is 22.8 Å². The van der Waals surface area contributed by atoms with E-state index in [1.54, 1.807) is 0 Å². The van der Waals surface area contributed by atoms with Crippen molar-refractivity contribution in [3.63, 3.8) is 0 Å². The number of aromatic nitrogens is 1. The molecule has 8 heteroatoms. The molecule has 0 unspecified atom stereocenters. The number of aryl methyl sites for hydroxylation is 1. The molecule has 0 fully saturated rings. The molecule has 0 spiro atoms. The standard InChI is InChI=1S/C13H8F2N2O3S/c14-6-4-5-7(17(19)20)11(15)10(6)13-16-12-8(18)2-1-3-9(12)21-13/h4-5H,1-3H2. The molecule has 5 nitrogen and oxygen atoms in total. The molecule has 0 bridgehead atoms. The van der Waals surface area contributed by atoms with E-state index < -0.39 is 27.8 Å². The third kappa shape index (κ3) is 2.21. The van der Waals surface area contributed by atoms with Crippen LogP contribution in [0, 0.1) is 21.7 Å². The normalized spacial score (nSPS) is 14.1. The quantitative estimate of drug-likeness (QED) is 0.628. The molecule has 2 aromatic rings. The lowest BCUT2D eigenvalue weighted by molar-refractivity contribution is -0.387. The zero-order valence-electron chi connectivity index (χ0n) is 10.6. The number of Topliss-reactive ketones (excluding diaryl/α,β-unsaturated/α-hetero) is 1. The van der Waals surface area contributed by atoms with Crippen molar-refractivity contribution in [3.8, 4) is 10.6 Å². The summed E-state index contributed by atoms with van der Waals surface area (Å²) >= 11 is 1.01. The molecule has 0 saturated heterocycles. The largest absolute Gasteiger partial charge is 0.305 e. The summed E-state index contributed by atoms with van der Waals surface area (Å²) in [5.41, 5.74) is -1.13. The molecule has 3 rings (SSSR count). The first-order chi connectivity index (χ1) is 9.99. The van der Waals surface area contributed by atoms with Crippen LogP contribution in [0.3, 0.4) is 0 Å². The summed E-state index contributed by atoms with van der Waals surface area (Å²) in [6.07, 6.45) is 1.65. The molecule has 0 radical (unpaired) electrons. The molecule has 1 aliphatic carbocycles. The minimum absolute atomic E-state index is 0.0334. The molecule has 0 N–H and O–H groups in total. The van der Waals surface area contributed by atoms with Gasteiger partial charge in [0.15, 0.2) is 5.78 Å². The van der Waals surface area contributed by atoms with Crippen LogP contribution in [-0.2, 0) is 6.42 Å². The highest BCUT2D eigenvalue weighted by atomic mass is 32.1. The second-order valence-electron chi connectivity index (χ2n) is 4.58. The summed E-state index contributed by atoms with van der Waals surface area (Å²) in [6.45, 7) is 0. The van der Waals surface area contributed by atoms with E-state index in [9.17, 15) is 23.7 Å². The summed E-state index contributed by atoms with van der Waals surface area (Å²) < 4.78 is 28.0. The van der Waals surface area contributed by atoms with Crippen LogP contribution in [0.25, 0.3) is 10.6 Å². The van der Waals surface area contributed by atoms with Crippen molar-refractivity contribution < 1.29 is 18.5 Å². The van der Waals surface area contributed by atoms with Gasteiger partial charge in [-0.3, -0.25) is 14.9 Å². The first-order valence-corrected chi connectivity index (χ1v) is 6.96. The number of thiazole rings is 1. The van der Waals surface area contributed by atoms with E-state index in [0.717, 1.165) is 23.5 Å². The third-order valence-electron chi connectivity index (χ3n) is 3.25. The van der Waals surface area contributed by atoms with Crippen LogP contribution in [0.4, 0.5) is 14.5 Å². The number of hydrogen-bond donors (Lipinski definition) is 0. The van der Waals surface area contributed by atoms with Crippen molar-refractivity contribution in [1.29, 1.82) is 0 Å². The van der Waals surface area contributed by atoms with Crippen molar-refractivity contribution in [1.82, 2.24) is 4.98 Å². The number of benzene rings is 1. The third-order valence-corrected chi connectivity index (χ3v) is 4.38. The summed E-state index contributed by atoms with van der Waals surface area (Å²) in [6, 6.07) is 1.60. The van der Waals surface area contributed by atoms with Crippen molar-refractivity contribution in [3.05, 3.63) is 44.5 Å². The van der Waals surface area contributed by atoms with Gasteiger partial charge in [0.25, 0.3) is 0 Å². The van der Waals surface area contributed by atoms with Gasteiger partial charge in [-0.15, -0.1) is 11.3 Å². The van der Waals surface area contributed by atoms with Crippen LogP contribution in [0.5, 0.6) is 0 Å². The Bertz CT molecular complexity index is 773. The van der Waals surface area contributed by atoms with E-state index in [1.165, 1.54) is 0 Å². The average Bonchev–Trinajstić information content (AvgIpc) is 2.83. The lowest BCUT2D eigenvalue weighted by Crippen LogP contribution is -2.08. The highest BCUT2D eigenvalue weighted by Crippen LogP contribution is 2.37. The highest BCUT2D eigenvalue weighted by Gasteiger charge is 2.28. The fourth-order valence-corrected chi connectivity index (χ4v) is 3.41. The molecule has 108 valence electrons. The number of hydrogen-bond acceptors (Lipinski definition) is 5. The average molecular weight is 310 g/mol. The van der Waals surface area contributed by atoms with E-state index >= 15 is 0 Å². The van der Waals surface area contributed by atoms with Gasteiger partial charge in [0.05, 0.1) is 10.5 Å². The maximum absolute atomic E-state index is 14.1. The molecule has 1 aliphatic rings. The number of nitrogens with zero attached hydrogens (tertiary/aromatic N) is 2. The number of halogens is 2. The zero-order chi connectivity index (χ0) is 15.1. The van der Waals surface area contributed by atoms with Crippen molar-refractivity contribution in [2.24, 2.45) is 0 Å². The summed E-state index contributed by atoms with van der Waals surface area (Å²) in [5.74, 6) is -2.36. The summed E-state index contributed by atoms with van der Waals surface area (Å²) in [5, 5.41) is 10.7. The van der Waals surface area contributed by atoms with Crippen LogP contribution in [0.2, 0.25) is 0 Å². The van der Waals surface area contributed by atoms with Crippen LogP contribution in [0.1, 0.15) is 28.2 Å². The van der Waals surface area contributed by atoms with E-state index in [-0.39, 0.29) is 16.5 Å². The minimum Gasteiger partial charge on any atom is -0.292 e. The van der Waals surface area contributed by atoms with Gasteiger partial charge in [-0.1, -0.05) is 0 Å². The van der Waals surface area contributed by atoms with Crippen LogP contribution >= 0.6 is 11.3 Å². The van der Waals surface area contributed by atoms with Gasteiger partial charge in [-0.2, -0.15) is 4.39 Å². The number of fused-ring (bicyclic) bond motifs is 1. The molecule has 0 amide bonds. The number of ketones is 1. The predicted octanol–water partition coefficient (Wildman–Crippen LogP) is 3.52. The molecule has 0 saturated carbocycles. The lowest BCUT2D eigenvalue weighted by Gasteiger charge is -2.06. The van der Waals surface area contributed by atoms with Crippen molar-refractivity contribution in [2.75, 3.05) is 0 Å². The summed E-state index contributed by atoms with van der Waals surface area (Å²) in [7, 11) is 0. The van der Waals surface area contributed by atoms with Gasteiger partial charge in [0.2, 0.25) is 5.82 Å². The Hall–Kier alpha value is -2.22. The van der Waals surface area contributed by atoms with E-state index in [4.69, 9.17) is 0 Å². The first-order valence-electron chi connectivity index (χ1n) is 6.14. The maximum Gasteiger partial charge on any atom is 0.305 e. The van der Waals surface area contributed by atoms with Gasteiger partial charge in [0, 0.05) is 17.4 Å². The van der Waals surface area contributed by atoms with Crippen LogP contribution in [0.15, 0.2) is 12.1 Å². The van der Waals surface area contributed by atoms with Gasteiger partial charge < -0.3 is 0 Å². The second kappa shape index (κ2) is 4.96. The fourth-order valence-electron chi connectivity index (χ4n) is 2.25. The fraction of sp³-hybridized carbons (Fsp3) is 0.231. The van der Waals surface area contributed by atoms with Gasteiger partial charge in [0.1, 0.15) is 16.5 Å². The molecule has 0 atom stereocenters. The Morgan fingerprint density at radius 3 is 2.71 bits per heavy atom. The molecule has 0 aliphatic heterocycles. The molecule has 1 heterocycles. The second-order valence-corrected chi connectivity index (χ2v) is 5.66. The predicted molar refractivity (Wildman–Crippen MR) is 71.4 cm³/mol. The van der Waals surface area contributed by atoms with E-state index in [0.29, 0.717) is 24.1 Å². The minimum atomic E-state index is -1.27. The Balaban J connectivity index is 2.19. The van der Waals surface area contributed by atoms with Crippen LogP contribution in [-0.4, -0.2) is 15.7 Å². The van der Waals surface area contributed by atoms with Gasteiger partial charge in [-0.25, -0.2) is 9.37 Å². The van der Waals surface area contributed by atoms with Gasteiger partial charge in [-0.05, 0) is 18.9 Å². The molecular formula is C13H8F2N2O3S. The number of nitro benzene ring substituents is 1. The number of nitro groups is 1. The molecular weight excluding hydrogens is 302 g/mol. The first kappa shape index (κ1) is 13.7. The highest BCUT2D eigenvalue weighted by molar-refractivity contribution is 7.15. The van der Waals surface area contributed by atoms with Gasteiger partial charge >= 0.3 is 5.69 Å². The molecule has 21 heavy (non-hydrogen) atoms. The smallest absolute Gasteiger partial charge is 0.292 e. The SMILES string of the molecule is O=C1CCCc2sc(-c3c(F)ccc([N+](=O)[O-])c3F)nc21. The number of rotatable bonds is 2. The van der Waals surface area contributed by atoms with Crippen molar-refractivity contribution in [2.45, 2.75) is 19.3 Å². The Morgan fingerprint density at radius 1 is 1.29 bits per heavy atom. The van der Waals surface area contributed by atoms with Crippen LogP contribution < -0.4 is 0 Å². The maximum atomic E-state index is 14.1.